The maximum atomic E-state index is 13.3. The number of hydrogen-bond donors (Lipinski definition) is 0. The monoisotopic (exact) mass is 322 g/mol. The van der Waals surface area contributed by atoms with E-state index in [9.17, 15) is 14.0 Å². The summed E-state index contributed by atoms with van der Waals surface area (Å²) in [5.74, 6) is -0.386. The molecule has 0 aliphatic carbocycles. The number of fused-ring (bicyclic) bond motifs is 3. The Morgan fingerprint density at radius 2 is 1.67 bits per heavy atom. The normalized spacial score (nSPS) is 11.2. The zero-order valence-corrected chi connectivity index (χ0v) is 12.4. The minimum atomic E-state index is -0.576. The first-order valence-electron chi connectivity index (χ1n) is 7.35. The van der Waals surface area contributed by atoms with Crippen LogP contribution in [0.1, 0.15) is 11.1 Å². The predicted octanol–water partition coefficient (Wildman–Crippen LogP) is 3.63. The van der Waals surface area contributed by atoms with Gasteiger partial charge in [-0.15, -0.1) is 0 Å². The third-order valence-corrected chi connectivity index (χ3v) is 3.86. The molecular formula is C19H11FO4. The van der Waals surface area contributed by atoms with Crippen molar-refractivity contribution >= 4 is 21.9 Å². The van der Waals surface area contributed by atoms with Crippen LogP contribution < -0.4 is 11.3 Å². The summed E-state index contributed by atoms with van der Waals surface area (Å²) in [6.07, 6.45) is 0.169. The molecule has 0 unspecified atom stereocenters. The highest BCUT2D eigenvalue weighted by atomic mass is 19.1. The first-order chi connectivity index (χ1) is 11.6. The molecule has 2 aromatic carbocycles. The average Bonchev–Trinajstić information content (AvgIpc) is 2.56. The molecule has 0 bridgehead atoms. The van der Waals surface area contributed by atoms with Crippen molar-refractivity contribution in [3.8, 4) is 0 Å². The van der Waals surface area contributed by atoms with E-state index in [0.717, 1.165) is 0 Å². The molecule has 118 valence electrons. The third kappa shape index (κ3) is 2.40. The van der Waals surface area contributed by atoms with Gasteiger partial charge in [-0.1, -0.05) is 24.3 Å². The van der Waals surface area contributed by atoms with E-state index in [-0.39, 0.29) is 28.8 Å². The van der Waals surface area contributed by atoms with Crippen molar-refractivity contribution in [2.24, 2.45) is 0 Å². The van der Waals surface area contributed by atoms with Crippen LogP contribution in [0.15, 0.2) is 73.0 Å². The summed E-state index contributed by atoms with van der Waals surface area (Å²) in [5, 5.41) is 0.751. The maximum Gasteiger partial charge on any atom is 0.347 e. The number of benzene rings is 2. The van der Waals surface area contributed by atoms with Crippen LogP contribution in [0.2, 0.25) is 0 Å². The van der Waals surface area contributed by atoms with Gasteiger partial charge in [-0.2, -0.15) is 0 Å². The van der Waals surface area contributed by atoms with Gasteiger partial charge >= 0.3 is 11.3 Å². The summed E-state index contributed by atoms with van der Waals surface area (Å²) < 4.78 is 23.9. The number of para-hydroxylation sites is 1. The summed E-state index contributed by atoms with van der Waals surface area (Å²) in [7, 11) is 0. The van der Waals surface area contributed by atoms with Gasteiger partial charge in [0.2, 0.25) is 0 Å². The van der Waals surface area contributed by atoms with Crippen molar-refractivity contribution in [1.82, 2.24) is 0 Å². The van der Waals surface area contributed by atoms with E-state index in [1.807, 2.05) is 0 Å². The molecular weight excluding hydrogens is 311 g/mol. The quantitative estimate of drug-likeness (QED) is 0.418. The molecule has 0 fully saturated rings. The second-order valence-corrected chi connectivity index (χ2v) is 5.49. The van der Waals surface area contributed by atoms with Crippen LogP contribution in [0.4, 0.5) is 4.39 Å². The second-order valence-electron chi connectivity index (χ2n) is 5.49. The van der Waals surface area contributed by atoms with E-state index >= 15 is 0 Å². The summed E-state index contributed by atoms with van der Waals surface area (Å²) in [4.78, 5) is 24.5. The Balaban J connectivity index is 1.94. The number of halogens is 1. The van der Waals surface area contributed by atoms with E-state index in [4.69, 9.17) is 8.83 Å². The van der Waals surface area contributed by atoms with Gasteiger partial charge in [0.05, 0.1) is 5.39 Å². The summed E-state index contributed by atoms with van der Waals surface area (Å²) in [6.45, 7) is 0. The molecule has 0 atom stereocenters. The minimum absolute atomic E-state index is 0.169. The maximum absolute atomic E-state index is 13.3. The van der Waals surface area contributed by atoms with E-state index < -0.39 is 11.3 Å². The largest absolute Gasteiger partial charge is 0.422 e. The Labute approximate surface area is 134 Å². The molecule has 2 aromatic heterocycles. The molecule has 0 saturated heterocycles. The Kier molecular flexibility index (Phi) is 3.27. The van der Waals surface area contributed by atoms with E-state index in [1.54, 1.807) is 36.4 Å². The number of rotatable bonds is 2. The van der Waals surface area contributed by atoms with E-state index in [2.05, 4.69) is 0 Å². The fraction of sp³-hybridized carbons (Fsp3) is 0.0526. The Hall–Kier alpha value is -3.21. The van der Waals surface area contributed by atoms with Crippen LogP contribution in [0.25, 0.3) is 21.9 Å². The van der Waals surface area contributed by atoms with Gasteiger partial charge in [-0.05, 0) is 35.9 Å². The molecule has 0 aliphatic rings. The Bertz CT molecular complexity index is 1190. The highest BCUT2D eigenvalue weighted by Crippen LogP contribution is 2.22. The van der Waals surface area contributed by atoms with Crippen molar-refractivity contribution in [3.05, 3.63) is 92.4 Å². The summed E-state index contributed by atoms with van der Waals surface area (Å²) in [5.41, 5.74) is 0.323. The molecule has 5 heteroatoms. The molecule has 24 heavy (non-hydrogen) atoms. The molecule has 0 saturated carbocycles. The molecule has 4 rings (SSSR count). The third-order valence-electron chi connectivity index (χ3n) is 3.86. The van der Waals surface area contributed by atoms with E-state index in [0.29, 0.717) is 16.5 Å². The fourth-order valence-electron chi connectivity index (χ4n) is 2.75. The van der Waals surface area contributed by atoms with Gasteiger partial charge < -0.3 is 8.83 Å². The molecule has 0 radical (unpaired) electrons. The lowest BCUT2D eigenvalue weighted by atomic mass is 10.1. The summed E-state index contributed by atoms with van der Waals surface area (Å²) in [6, 6.07) is 14.2. The Morgan fingerprint density at radius 3 is 2.50 bits per heavy atom. The summed E-state index contributed by atoms with van der Waals surface area (Å²) >= 11 is 0. The smallest absolute Gasteiger partial charge is 0.347 e. The highest BCUT2D eigenvalue weighted by Gasteiger charge is 2.13. The Morgan fingerprint density at radius 1 is 0.833 bits per heavy atom. The molecule has 4 nitrogen and oxygen atoms in total. The molecule has 4 aromatic rings. The molecule has 0 amide bonds. The van der Waals surface area contributed by atoms with E-state index in [1.165, 1.54) is 18.2 Å². The fourth-order valence-corrected chi connectivity index (χ4v) is 2.75. The lowest BCUT2D eigenvalue weighted by molar-refractivity contribution is 0.537. The zero-order valence-electron chi connectivity index (χ0n) is 12.4. The van der Waals surface area contributed by atoms with Crippen LogP contribution in [-0.4, -0.2) is 0 Å². The van der Waals surface area contributed by atoms with Gasteiger partial charge in [0.25, 0.3) is 0 Å². The lowest BCUT2D eigenvalue weighted by Crippen LogP contribution is -2.11. The van der Waals surface area contributed by atoms with Crippen molar-refractivity contribution in [2.75, 3.05) is 0 Å². The van der Waals surface area contributed by atoms with Gasteiger partial charge in [-0.3, -0.25) is 0 Å². The van der Waals surface area contributed by atoms with Crippen LogP contribution in [0.3, 0.4) is 0 Å². The van der Waals surface area contributed by atoms with Gasteiger partial charge in [0.15, 0.2) is 5.58 Å². The van der Waals surface area contributed by atoms with Crippen LogP contribution >= 0.6 is 0 Å². The van der Waals surface area contributed by atoms with Gasteiger partial charge in [0.1, 0.15) is 16.8 Å². The standard InChI is InChI=1S/C19H11FO4/c20-13-5-3-4-11(9-13)8-12-10-15-17(24-18(12)21)14-6-1-2-7-16(14)23-19(15)22/h1-7,9-10H,8H2. The first-order valence-corrected chi connectivity index (χ1v) is 7.35. The van der Waals surface area contributed by atoms with Crippen molar-refractivity contribution < 1.29 is 13.2 Å². The highest BCUT2D eigenvalue weighted by molar-refractivity contribution is 6.00. The second kappa shape index (κ2) is 5.45. The van der Waals surface area contributed by atoms with Crippen LogP contribution in [0.5, 0.6) is 0 Å². The first kappa shape index (κ1) is 14.4. The molecule has 2 heterocycles. The van der Waals surface area contributed by atoms with Crippen molar-refractivity contribution in [2.45, 2.75) is 6.42 Å². The predicted molar refractivity (Wildman–Crippen MR) is 87.7 cm³/mol. The minimum Gasteiger partial charge on any atom is -0.422 e. The lowest BCUT2D eigenvalue weighted by Gasteiger charge is -2.04. The molecule has 0 N–H and O–H groups in total. The van der Waals surface area contributed by atoms with Crippen LogP contribution in [-0.2, 0) is 6.42 Å². The van der Waals surface area contributed by atoms with Crippen molar-refractivity contribution in [1.29, 1.82) is 0 Å². The molecule has 0 spiro atoms. The average molecular weight is 322 g/mol. The van der Waals surface area contributed by atoms with Gasteiger partial charge in [-0.25, -0.2) is 14.0 Å². The SMILES string of the molecule is O=c1oc2c(cc1Cc1cccc(F)c1)c(=O)oc1ccccc12. The van der Waals surface area contributed by atoms with Crippen LogP contribution in [0, 0.1) is 5.82 Å². The van der Waals surface area contributed by atoms with Crippen molar-refractivity contribution in [3.63, 3.8) is 0 Å². The topological polar surface area (TPSA) is 60.4 Å². The van der Waals surface area contributed by atoms with Gasteiger partial charge in [0, 0.05) is 12.0 Å². The molecule has 0 aliphatic heterocycles. The zero-order chi connectivity index (χ0) is 16.7. The number of hydrogen-bond acceptors (Lipinski definition) is 4.